The third-order valence-corrected chi connectivity index (χ3v) is 2.38. The van der Waals surface area contributed by atoms with Crippen LogP contribution in [0.2, 0.25) is 0 Å². The summed E-state index contributed by atoms with van der Waals surface area (Å²) in [5, 5.41) is 2.98. The summed E-state index contributed by atoms with van der Waals surface area (Å²) in [4.78, 5) is 4.20. The van der Waals surface area contributed by atoms with Gasteiger partial charge in [0.05, 0.1) is 0 Å². The Kier molecular flexibility index (Phi) is 8.56. The van der Waals surface area contributed by atoms with Gasteiger partial charge >= 0.3 is 0 Å². The van der Waals surface area contributed by atoms with Gasteiger partial charge in [0, 0.05) is 35.9 Å². The third-order valence-electron chi connectivity index (χ3n) is 1.60. The van der Waals surface area contributed by atoms with Crippen LogP contribution in [0.3, 0.4) is 0 Å². The van der Waals surface area contributed by atoms with Crippen LogP contribution in [0.4, 0.5) is 0 Å². The van der Waals surface area contributed by atoms with Crippen molar-refractivity contribution in [3.63, 3.8) is 0 Å². The Hall–Kier alpha value is -0.620. The molecule has 0 spiro atoms. The van der Waals surface area contributed by atoms with Crippen LogP contribution in [0.1, 0.15) is 19.8 Å². The van der Waals surface area contributed by atoms with Crippen molar-refractivity contribution in [3.05, 3.63) is 0 Å². The van der Waals surface area contributed by atoms with Crippen molar-refractivity contribution in [1.82, 2.24) is 10.7 Å². The summed E-state index contributed by atoms with van der Waals surface area (Å²) in [5.41, 5.74) is 2.47. The normalized spacial score (nSPS) is 13.8. The van der Waals surface area contributed by atoms with Crippen LogP contribution < -0.4 is 16.6 Å². The van der Waals surface area contributed by atoms with E-state index in [9.17, 15) is 4.21 Å². The lowest BCUT2D eigenvalue weighted by atomic mass is 10.3. The van der Waals surface area contributed by atoms with Gasteiger partial charge in [-0.05, 0) is 6.42 Å². The van der Waals surface area contributed by atoms with Crippen molar-refractivity contribution in [3.8, 4) is 0 Å². The predicted octanol–water partition coefficient (Wildman–Crippen LogP) is -0.426. The summed E-state index contributed by atoms with van der Waals surface area (Å²) in [6.45, 7) is 3.50. The Balaban J connectivity index is 3.66. The maximum absolute atomic E-state index is 10.8. The molecular formula is C8H20N4OS. The average molecular weight is 220 g/mol. The number of nitrogens with zero attached hydrogens (tertiary/aromatic N) is 1. The highest BCUT2D eigenvalue weighted by atomic mass is 32.2. The fourth-order valence-electron chi connectivity index (χ4n) is 0.815. The molecule has 0 heterocycles. The number of aliphatic imine (C=N–C) groups is 1. The quantitative estimate of drug-likeness (QED) is 0.187. The van der Waals surface area contributed by atoms with Crippen molar-refractivity contribution in [2.75, 3.05) is 25.1 Å². The molecule has 0 aliphatic rings. The van der Waals surface area contributed by atoms with E-state index in [1.54, 1.807) is 6.26 Å². The topological polar surface area (TPSA) is 79.5 Å². The molecule has 14 heavy (non-hydrogen) atoms. The monoisotopic (exact) mass is 220 g/mol. The molecule has 0 saturated heterocycles. The van der Waals surface area contributed by atoms with Gasteiger partial charge in [-0.2, -0.15) is 0 Å². The van der Waals surface area contributed by atoms with E-state index in [0.29, 0.717) is 18.3 Å². The maximum Gasteiger partial charge on any atom is 0.205 e. The molecule has 0 bridgehead atoms. The number of nitrogens with two attached hydrogens (primary N) is 1. The van der Waals surface area contributed by atoms with Gasteiger partial charge in [-0.1, -0.05) is 13.3 Å². The number of nitrogens with one attached hydrogen (secondary N) is 2. The highest BCUT2D eigenvalue weighted by Crippen LogP contribution is 1.86. The van der Waals surface area contributed by atoms with Gasteiger partial charge in [-0.25, -0.2) is 5.84 Å². The molecule has 0 rings (SSSR count). The Morgan fingerprint density at radius 2 is 2.29 bits per heavy atom. The molecule has 0 radical (unpaired) electrons. The molecule has 0 aliphatic heterocycles. The molecule has 5 nitrogen and oxygen atoms in total. The first-order valence-electron chi connectivity index (χ1n) is 4.75. The summed E-state index contributed by atoms with van der Waals surface area (Å²) in [7, 11) is -0.777. The highest BCUT2D eigenvalue weighted by molar-refractivity contribution is 7.84. The molecule has 0 amide bonds. The van der Waals surface area contributed by atoms with Gasteiger partial charge in [0.15, 0.2) is 0 Å². The molecular weight excluding hydrogens is 200 g/mol. The zero-order chi connectivity index (χ0) is 10.8. The second-order valence-electron chi connectivity index (χ2n) is 2.93. The Morgan fingerprint density at radius 3 is 2.79 bits per heavy atom. The number of hydrazine groups is 1. The van der Waals surface area contributed by atoms with Crippen LogP contribution in [0.25, 0.3) is 0 Å². The number of hydrogen-bond donors (Lipinski definition) is 3. The second-order valence-corrected chi connectivity index (χ2v) is 4.49. The van der Waals surface area contributed by atoms with Gasteiger partial charge in [-0.3, -0.25) is 14.6 Å². The lowest BCUT2D eigenvalue weighted by molar-refractivity contribution is 0.685. The first-order valence-corrected chi connectivity index (χ1v) is 6.48. The maximum atomic E-state index is 10.8. The van der Waals surface area contributed by atoms with Crippen LogP contribution in [0.15, 0.2) is 4.99 Å². The van der Waals surface area contributed by atoms with E-state index in [-0.39, 0.29) is 0 Å². The summed E-state index contributed by atoms with van der Waals surface area (Å²) >= 11 is 0. The smallest absolute Gasteiger partial charge is 0.205 e. The summed E-state index contributed by atoms with van der Waals surface area (Å²) in [5.74, 6) is 6.43. The molecule has 84 valence electrons. The van der Waals surface area contributed by atoms with Crippen molar-refractivity contribution in [1.29, 1.82) is 0 Å². The van der Waals surface area contributed by atoms with Gasteiger partial charge in [0.2, 0.25) is 5.96 Å². The fourth-order valence-corrected chi connectivity index (χ4v) is 1.20. The lowest BCUT2D eigenvalue weighted by Crippen LogP contribution is -2.43. The predicted molar refractivity (Wildman–Crippen MR) is 61.5 cm³/mol. The first kappa shape index (κ1) is 13.4. The Bertz CT molecular complexity index is 196. The second kappa shape index (κ2) is 8.96. The molecule has 0 aromatic rings. The van der Waals surface area contributed by atoms with Crippen molar-refractivity contribution >= 4 is 16.8 Å². The van der Waals surface area contributed by atoms with E-state index in [1.165, 1.54) is 0 Å². The number of guanidine groups is 1. The van der Waals surface area contributed by atoms with Crippen LogP contribution in [-0.4, -0.2) is 35.3 Å². The van der Waals surface area contributed by atoms with Crippen LogP contribution in [-0.2, 0) is 10.8 Å². The summed E-state index contributed by atoms with van der Waals surface area (Å²) < 4.78 is 10.8. The van der Waals surface area contributed by atoms with Crippen molar-refractivity contribution < 1.29 is 4.21 Å². The molecule has 0 aromatic heterocycles. The molecule has 0 aromatic carbocycles. The molecule has 0 fully saturated rings. The summed E-state index contributed by atoms with van der Waals surface area (Å²) in [6.07, 6.45) is 3.83. The fraction of sp³-hybridized carbons (Fsp3) is 0.875. The van der Waals surface area contributed by atoms with E-state index < -0.39 is 10.8 Å². The van der Waals surface area contributed by atoms with E-state index in [0.717, 1.165) is 19.4 Å². The summed E-state index contributed by atoms with van der Waals surface area (Å²) in [6, 6.07) is 0. The zero-order valence-electron chi connectivity index (χ0n) is 8.88. The van der Waals surface area contributed by atoms with Crippen molar-refractivity contribution in [2.45, 2.75) is 19.8 Å². The average Bonchev–Trinajstić information content (AvgIpc) is 2.15. The molecule has 0 aliphatic carbocycles. The third kappa shape index (κ3) is 8.00. The Labute approximate surface area is 88.0 Å². The molecule has 6 heteroatoms. The largest absolute Gasteiger partial charge is 0.354 e. The van der Waals surface area contributed by atoms with E-state index in [4.69, 9.17) is 5.84 Å². The van der Waals surface area contributed by atoms with E-state index >= 15 is 0 Å². The van der Waals surface area contributed by atoms with Gasteiger partial charge in [0.25, 0.3) is 0 Å². The number of hydrogen-bond acceptors (Lipinski definition) is 3. The molecule has 1 unspecified atom stereocenters. The van der Waals surface area contributed by atoms with Gasteiger partial charge in [-0.15, -0.1) is 0 Å². The van der Waals surface area contributed by atoms with E-state index in [1.807, 2.05) is 0 Å². The van der Waals surface area contributed by atoms with Crippen LogP contribution in [0, 0.1) is 0 Å². The van der Waals surface area contributed by atoms with Gasteiger partial charge < -0.3 is 5.32 Å². The lowest BCUT2D eigenvalue weighted by Gasteiger charge is -2.07. The van der Waals surface area contributed by atoms with Gasteiger partial charge in [0.1, 0.15) is 0 Å². The molecule has 1 atom stereocenters. The molecule has 0 saturated carbocycles. The zero-order valence-corrected chi connectivity index (χ0v) is 9.69. The minimum absolute atomic E-state index is 0.573. The highest BCUT2D eigenvalue weighted by Gasteiger charge is 1.95. The first-order chi connectivity index (χ1) is 6.70. The van der Waals surface area contributed by atoms with Crippen LogP contribution >= 0.6 is 0 Å². The molecule has 4 N–H and O–H groups in total. The Morgan fingerprint density at radius 1 is 1.57 bits per heavy atom. The SMILES string of the molecule is CCCCN=C(NN)NCCS(C)=O. The van der Waals surface area contributed by atoms with Crippen molar-refractivity contribution in [2.24, 2.45) is 10.8 Å². The standard InChI is InChI=1S/C8H20N4OS/c1-3-4-5-10-8(12-9)11-6-7-14(2)13/h3-7,9H2,1-2H3,(H2,10,11,12). The van der Waals surface area contributed by atoms with E-state index in [2.05, 4.69) is 22.7 Å². The van der Waals surface area contributed by atoms with Crippen LogP contribution in [0.5, 0.6) is 0 Å². The minimum Gasteiger partial charge on any atom is -0.354 e. The number of unbranched alkanes of at least 4 members (excludes halogenated alkanes) is 1. The minimum atomic E-state index is -0.777. The number of rotatable bonds is 6.